The molecule has 0 aliphatic carbocycles. The van der Waals surface area contributed by atoms with Crippen LogP contribution in [0.25, 0.3) is 0 Å². The monoisotopic (exact) mass is 260 g/mol. The van der Waals surface area contributed by atoms with Crippen molar-refractivity contribution >= 4 is 15.6 Å². The van der Waals surface area contributed by atoms with Crippen molar-refractivity contribution in [1.29, 1.82) is 0 Å². The van der Waals surface area contributed by atoms with E-state index in [9.17, 15) is 9.13 Å². The van der Waals surface area contributed by atoms with Crippen LogP contribution >= 0.6 is 15.6 Å². The van der Waals surface area contributed by atoms with Crippen LogP contribution in [0.2, 0.25) is 0 Å². The lowest BCUT2D eigenvalue weighted by atomic mass is 10.2. The molecule has 9 heteroatoms. The molecule has 0 amide bonds. The number of hydrogen-bond acceptors (Lipinski definition) is 4. The van der Waals surface area contributed by atoms with Gasteiger partial charge in [0.2, 0.25) is 0 Å². The fraction of sp³-hybridized carbons (Fsp3) is 0.667. The Bertz CT molecular complexity index is 307. The van der Waals surface area contributed by atoms with Gasteiger partial charge in [-0.1, -0.05) is 5.57 Å². The van der Waals surface area contributed by atoms with Crippen molar-refractivity contribution in [1.82, 2.24) is 0 Å². The second-order valence-corrected chi connectivity index (χ2v) is 5.76. The average molecular weight is 260 g/mol. The highest BCUT2D eigenvalue weighted by molar-refractivity contribution is 7.60. The minimum absolute atomic E-state index is 0.138. The Balaban J connectivity index is 3.90. The Hall–Kier alpha value is -0.0000000000000000416. The molecule has 0 saturated heterocycles. The van der Waals surface area contributed by atoms with Gasteiger partial charge in [0.15, 0.2) is 0 Å². The van der Waals surface area contributed by atoms with Gasteiger partial charge in [0, 0.05) is 0 Å². The molecule has 3 N–H and O–H groups in total. The highest BCUT2D eigenvalue weighted by Gasteiger charge is 2.31. The molecule has 0 heterocycles. The summed E-state index contributed by atoms with van der Waals surface area (Å²) < 4.78 is 29.0. The zero-order chi connectivity index (χ0) is 12.1. The summed E-state index contributed by atoms with van der Waals surface area (Å²) in [5.41, 5.74) is 0.877. The number of hydrogen-bond donors (Lipinski definition) is 3. The fourth-order valence-corrected chi connectivity index (χ4v) is 2.34. The van der Waals surface area contributed by atoms with Gasteiger partial charge < -0.3 is 14.7 Å². The Morgan fingerprint density at radius 2 is 1.87 bits per heavy atom. The molecular formula is C6H14O7P2. The van der Waals surface area contributed by atoms with Gasteiger partial charge in [0.1, 0.15) is 0 Å². The van der Waals surface area contributed by atoms with Gasteiger partial charge in [-0.3, -0.25) is 4.52 Å². The molecule has 0 aliphatic heterocycles. The molecule has 7 nitrogen and oxygen atoms in total. The first kappa shape index (κ1) is 15.0. The third-order valence-electron chi connectivity index (χ3n) is 1.21. The van der Waals surface area contributed by atoms with Gasteiger partial charge in [-0.2, -0.15) is 4.31 Å². The number of phosphoric ester groups is 1. The number of allylic oxidation sites excluding steroid dienone is 1. The van der Waals surface area contributed by atoms with Crippen molar-refractivity contribution < 1.29 is 32.6 Å². The van der Waals surface area contributed by atoms with Crippen LogP contribution in [0.1, 0.15) is 19.8 Å². The maximum Gasteiger partial charge on any atom is 0.481 e. The highest BCUT2D eigenvalue weighted by atomic mass is 31.3. The molecule has 0 aromatic rings. The second kappa shape index (κ2) is 5.92. The lowest BCUT2D eigenvalue weighted by Gasteiger charge is -2.11. The van der Waals surface area contributed by atoms with Crippen molar-refractivity contribution in [3.8, 4) is 0 Å². The molecule has 0 fully saturated rings. The predicted octanol–water partition coefficient (Wildman–Crippen LogP) is 1.57. The Morgan fingerprint density at radius 1 is 1.33 bits per heavy atom. The third-order valence-corrected chi connectivity index (χ3v) is 3.40. The van der Waals surface area contributed by atoms with Gasteiger partial charge >= 0.3 is 15.6 Å². The molecule has 0 aromatic heterocycles. The summed E-state index contributed by atoms with van der Waals surface area (Å²) >= 11 is 0. The fourth-order valence-electron chi connectivity index (χ4n) is 0.712. The molecule has 1 atom stereocenters. The molecule has 0 rings (SSSR count). The first-order chi connectivity index (χ1) is 6.62. The van der Waals surface area contributed by atoms with E-state index in [1.807, 2.05) is 0 Å². The standard InChI is InChI=1S/C6H14O7P2/c1-6(2)4-3-5-12-15(10,11)13-14(7,8)9/h1,3-5H2,2H3,(H,10,11)(H2,7,8,9). The Kier molecular flexibility index (Phi) is 5.92. The highest BCUT2D eigenvalue weighted by Crippen LogP contribution is 2.57. The maximum absolute atomic E-state index is 10.9. The lowest BCUT2D eigenvalue weighted by Crippen LogP contribution is -1.96. The van der Waals surface area contributed by atoms with Gasteiger partial charge in [0.05, 0.1) is 6.61 Å². The Labute approximate surface area is 87.6 Å². The summed E-state index contributed by atoms with van der Waals surface area (Å²) in [6, 6.07) is 0. The van der Waals surface area contributed by atoms with E-state index in [4.69, 9.17) is 14.7 Å². The quantitative estimate of drug-likeness (QED) is 0.361. The van der Waals surface area contributed by atoms with Gasteiger partial charge in [-0.05, 0) is 19.8 Å². The van der Waals surface area contributed by atoms with Crippen molar-refractivity contribution in [2.75, 3.05) is 6.61 Å². The molecule has 0 radical (unpaired) electrons. The van der Waals surface area contributed by atoms with Crippen LogP contribution in [-0.2, 0) is 18.0 Å². The summed E-state index contributed by atoms with van der Waals surface area (Å²) in [6.07, 6.45) is 1.01. The van der Waals surface area contributed by atoms with E-state index in [1.165, 1.54) is 0 Å². The zero-order valence-electron chi connectivity index (χ0n) is 8.20. The van der Waals surface area contributed by atoms with Crippen LogP contribution in [0.15, 0.2) is 12.2 Å². The van der Waals surface area contributed by atoms with Crippen molar-refractivity contribution in [2.24, 2.45) is 0 Å². The molecular weight excluding hydrogens is 246 g/mol. The largest absolute Gasteiger partial charge is 0.481 e. The van der Waals surface area contributed by atoms with Crippen LogP contribution in [-0.4, -0.2) is 21.3 Å². The van der Waals surface area contributed by atoms with E-state index in [1.54, 1.807) is 6.92 Å². The third kappa shape index (κ3) is 10.3. The summed E-state index contributed by atoms with van der Waals surface area (Å²) in [4.78, 5) is 25.3. The first-order valence-electron chi connectivity index (χ1n) is 4.01. The van der Waals surface area contributed by atoms with Gasteiger partial charge in [0.25, 0.3) is 0 Å². The second-order valence-electron chi connectivity index (χ2n) is 2.93. The Morgan fingerprint density at radius 3 is 2.27 bits per heavy atom. The van der Waals surface area contributed by atoms with E-state index in [2.05, 4.69) is 15.4 Å². The number of phosphoric acid groups is 2. The van der Waals surface area contributed by atoms with Crippen LogP contribution in [0.4, 0.5) is 0 Å². The van der Waals surface area contributed by atoms with E-state index in [0.717, 1.165) is 5.57 Å². The van der Waals surface area contributed by atoms with Crippen molar-refractivity contribution in [3.05, 3.63) is 12.2 Å². The van der Waals surface area contributed by atoms with E-state index in [0.29, 0.717) is 12.8 Å². The first-order valence-corrected chi connectivity index (χ1v) is 7.03. The zero-order valence-corrected chi connectivity index (χ0v) is 9.99. The molecule has 90 valence electrons. The molecule has 0 aromatic carbocycles. The normalized spacial score (nSPS) is 16.0. The summed E-state index contributed by atoms with van der Waals surface area (Å²) in [5.74, 6) is 0. The topological polar surface area (TPSA) is 113 Å². The maximum atomic E-state index is 10.9. The van der Waals surface area contributed by atoms with E-state index < -0.39 is 15.6 Å². The predicted molar refractivity (Wildman–Crippen MR) is 53.0 cm³/mol. The summed E-state index contributed by atoms with van der Waals surface area (Å²) in [6.45, 7) is 5.25. The van der Waals surface area contributed by atoms with E-state index in [-0.39, 0.29) is 6.61 Å². The average Bonchev–Trinajstić information content (AvgIpc) is 1.93. The molecule has 15 heavy (non-hydrogen) atoms. The van der Waals surface area contributed by atoms with Crippen LogP contribution in [0.3, 0.4) is 0 Å². The minimum Gasteiger partial charge on any atom is -0.302 e. The van der Waals surface area contributed by atoms with E-state index >= 15 is 0 Å². The van der Waals surface area contributed by atoms with Gasteiger partial charge in [-0.25, -0.2) is 9.13 Å². The van der Waals surface area contributed by atoms with Gasteiger partial charge in [-0.15, -0.1) is 6.58 Å². The molecule has 1 unspecified atom stereocenters. The SMILES string of the molecule is C=C(C)CCCOP(=O)(O)OP(=O)(O)O. The number of rotatable bonds is 7. The van der Waals surface area contributed by atoms with Crippen LogP contribution < -0.4 is 0 Å². The minimum atomic E-state index is -5.01. The van der Waals surface area contributed by atoms with Crippen molar-refractivity contribution in [3.63, 3.8) is 0 Å². The summed E-state index contributed by atoms with van der Waals surface area (Å²) in [7, 11) is -9.68. The van der Waals surface area contributed by atoms with Crippen molar-refractivity contribution in [2.45, 2.75) is 19.8 Å². The molecule has 0 saturated carbocycles. The van der Waals surface area contributed by atoms with Crippen LogP contribution in [0.5, 0.6) is 0 Å². The molecule has 0 aliphatic rings. The molecule has 0 spiro atoms. The molecule has 0 bridgehead atoms. The van der Waals surface area contributed by atoms with Crippen LogP contribution in [0, 0.1) is 0 Å². The lowest BCUT2D eigenvalue weighted by molar-refractivity contribution is 0.177. The smallest absolute Gasteiger partial charge is 0.302 e. The summed E-state index contributed by atoms with van der Waals surface area (Å²) in [5, 5.41) is 0.